The van der Waals surface area contributed by atoms with Gasteiger partial charge in [-0.25, -0.2) is 0 Å². The van der Waals surface area contributed by atoms with Crippen molar-refractivity contribution in [3.63, 3.8) is 0 Å². The fourth-order valence-electron chi connectivity index (χ4n) is 8.54. The molecule has 0 bridgehead atoms. The lowest BCUT2D eigenvalue weighted by atomic mass is 9.98. The van der Waals surface area contributed by atoms with Crippen LogP contribution in [-0.2, 0) is 38.0 Å². The van der Waals surface area contributed by atoms with E-state index in [1.165, 1.54) is 96.3 Å². The number of ether oxygens (including phenoxy) is 6. The number of aliphatic hydroxyl groups is 7. The van der Waals surface area contributed by atoms with Crippen molar-refractivity contribution in [1.29, 1.82) is 0 Å². The molecule has 70 heavy (non-hydrogen) atoms. The third-order valence-corrected chi connectivity index (χ3v) is 13.1. The first-order valence-corrected chi connectivity index (χ1v) is 27.6. The highest BCUT2D eigenvalue weighted by Crippen LogP contribution is 2.26. The third kappa shape index (κ3) is 29.4. The maximum absolute atomic E-state index is 13.0. The largest absolute Gasteiger partial charge is 0.462 e. The zero-order valence-corrected chi connectivity index (χ0v) is 43.3. The maximum Gasteiger partial charge on any atom is 0.306 e. The zero-order chi connectivity index (χ0) is 51.0. The summed E-state index contributed by atoms with van der Waals surface area (Å²) in [6.45, 7) is 2.57. The number of allylic oxidation sites excluding steroid dienone is 6. The van der Waals surface area contributed by atoms with Gasteiger partial charge in [0, 0.05) is 12.8 Å². The second-order valence-corrected chi connectivity index (χ2v) is 19.4. The summed E-state index contributed by atoms with van der Waals surface area (Å²) >= 11 is 0. The number of carbonyl (C=O) groups is 2. The highest BCUT2D eigenvalue weighted by atomic mass is 16.7. The summed E-state index contributed by atoms with van der Waals surface area (Å²) in [6.07, 6.45) is 28.7. The van der Waals surface area contributed by atoms with E-state index in [0.29, 0.717) is 12.8 Å². The van der Waals surface area contributed by atoms with Gasteiger partial charge in [0.2, 0.25) is 0 Å². The van der Waals surface area contributed by atoms with Gasteiger partial charge in [-0.3, -0.25) is 9.59 Å². The molecule has 0 amide bonds. The van der Waals surface area contributed by atoms with Crippen LogP contribution in [0.25, 0.3) is 0 Å². The second-order valence-electron chi connectivity index (χ2n) is 19.4. The van der Waals surface area contributed by atoms with E-state index in [1.807, 2.05) is 0 Å². The normalized spacial score (nSPS) is 25.6. The molecule has 2 heterocycles. The lowest BCUT2D eigenvalue weighted by Gasteiger charge is -2.42. The average molecular weight is 999 g/mol. The minimum Gasteiger partial charge on any atom is -0.462 e. The highest BCUT2D eigenvalue weighted by Gasteiger charge is 2.47. The smallest absolute Gasteiger partial charge is 0.306 e. The van der Waals surface area contributed by atoms with E-state index in [1.54, 1.807) is 0 Å². The van der Waals surface area contributed by atoms with E-state index in [0.717, 1.165) is 70.6 Å². The topological polar surface area (TPSA) is 231 Å². The van der Waals surface area contributed by atoms with Gasteiger partial charge in [-0.05, 0) is 70.6 Å². The highest BCUT2D eigenvalue weighted by molar-refractivity contribution is 5.70. The number of rotatable bonds is 43. The van der Waals surface area contributed by atoms with Crippen molar-refractivity contribution in [2.75, 3.05) is 26.4 Å². The van der Waals surface area contributed by atoms with Crippen LogP contribution < -0.4 is 0 Å². The Morgan fingerprint density at radius 1 is 0.457 bits per heavy atom. The molecule has 4 unspecified atom stereocenters. The van der Waals surface area contributed by atoms with Gasteiger partial charge in [-0.1, -0.05) is 159 Å². The summed E-state index contributed by atoms with van der Waals surface area (Å²) in [5, 5.41) is 72.2. The lowest BCUT2D eigenvalue weighted by molar-refractivity contribution is -0.332. The molecule has 0 aromatic carbocycles. The van der Waals surface area contributed by atoms with E-state index < -0.39 is 92.7 Å². The average Bonchev–Trinajstić information content (AvgIpc) is 3.35. The Balaban J connectivity index is 1.79. The number of hydrogen-bond acceptors (Lipinski definition) is 15. The van der Waals surface area contributed by atoms with Crippen LogP contribution >= 0.6 is 0 Å². The molecule has 2 fully saturated rings. The summed E-state index contributed by atoms with van der Waals surface area (Å²) < 4.78 is 33.6. The first-order chi connectivity index (χ1) is 34.0. The van der Waals surface area contributed by atoms with Gasteiger partial charge in [0.1, 0.15) is 55.4 Å². The predicted octanol–water partition coefficient (Wildman–Crippen LogP) is 8.49. The molecule has 15 heteroatoms. The lowest BCUT2D eigenvalue weighted by Crippen LogP contribution is -2.61. The van der Waals surface area contributed by atoms with Crippen LogP contribution in [-0.4, -0.2) is 142 Å². The molecular formula is C55H98O15. The van der Waals surface area contributed by atoms with E-state index in [2.05, 4.69) is 50.3 Å². The van der Waals surface area contributed by atoms with Crippen molar-refractivity contribution in [2.24, 2.45) is 0 Å². The fraction of sp³-hybridized carbons (Fsp3) is 0.855. The predicted molar refractivity (Wildman–Crippen MR) is 270 cm³/mol. The molecular weight excluding hydrogens is 901 g/mol. The number of aliphatic hydroxyl groups excluding tert-OH is 7. The molecule has 0 aromatic heterocycles. The summed E-state index contributed by atoms with van der Waals surface area (Å²) in [5.41, 5.74) is 0. The minimum absolute atomic E-state index is 0.159. The Kier molecular flexibility index (Phi) is 38.4. The number of esters is 2. The first kappa shape index (κ1) is 63.8. The molecule has 2 aliphatic heterocycles. The van der Waals surface area contributed by atoms with Crippen LogP contribution in [0.1, 0.15) is 206 Å². The van der Waals surface area contributed by atoms with Crippen molar-refractivity contribution in [2.45, 2.75) is 274 Å². The van der Waals surface area contributed by atoms with Crippen molar-refractivity contribution in [1.82, 2.24) is 0 Å². The van der Waals surface area contributed by atoms with E-state index >= 15 is 0 Å². The van der Waals surface area contributed by atoms with E-state index in [9.17, 15) is 45.3 Å². The SMILES string of the molecule is CCCCC/C=C/C/C=C/CCCCCCCCCC(=O)OC[C@@H](CO[C@@H]1O[C@H](CO[C@@H]2O[C@H](CO)[C@H](O)C(O)C2O)[C@H](O)C(O)C1O)OC(=O)CCCCCCCCC/C=C/CCCCCCCC. The van der Waals surface area contributed by atoms with Gasteiger partial charge in [0.25, 0.3) is 0 Å². The Morgan fingerprint density at radius 3 is 1.37 bits per heavy atom. The molecule has 2 saturated heterocycles. The number of hydrogen-bond donors (Lipinski definition) is 7. The molecule has 2 aliphatic rings. The molecule has 0 spiro atoms. The Morgan fingerprint density at radius 2 is 0.857 bits per heavy atom. The molecule has 408 valence electrons. The van der Waals surface area contributed by atoms with Crippen LogP contribution in [0.15, 0.2) is 36.5 Å². The molecule has 2 rings (SSSR count). The number of unbranched alkanes of at least 4 members (excludes halogenated alkanes) is 23. The molecule has 0 saturated carbocycles. The van der Waals surface area contributed by atoms with Crippen molar-refractivity contribution < 1.29 is 73.8 Å². The van der Waals surface area contributed by atoms with Gasteiger partial charge in [0.15, 0.2) is 18.7 Å². The van der Waals surface area contributed by atoms with Gasteiger partial charge < -0.3 is 64.2 Å². The monoisotopic (exact) mass is 999 g/mol. The first-order valence-electron chi connectivity index (χ1n) is 27.6. The third-order valence-electron chi connectivity index (χ3n) is 13.1. The molecule has 15 nitrogen and oxygen atoms in total. The van der Waals surface area contributed by atoms with E-state index in [4.69, 9.17) is 28.4 Å². The Bertz CT molecular complexity index is 1360. The summed E-state index contributed by atoms with van der Waals surface area (Å²) in [7, 11) is 0. The Labute approximate surface area is 421 Å². The van der Waals surface area contributed by atoms with Crippen LogP contribution in [0.2, 0.25) is 0 Å². The molecule has 7 N–H and O–H groups in total. The van der Waals surface area contributed by atoms with Gasteiger partial charge in [-0.15, -0.1) is 0 Å². The molecule has 0 aromatic rings. The van der Waals surface area contributed by atoms with Crippen molar-refractivity contribution in [3.05, 3.63) is 36.5 Å². The van der Waals surface area contributed by atoms with Gasteiger partial charge >= 0.3 is 11.9 Å². The van der Waals surface area contributed by atoms with Crippen LogP contribution in [0.4, 0.5) is 0 Å². The zero-order valence-electron chi connectivity index (χ0n) is 43.3. The van der Waals surface area contributed by atoms with Gasteiger partial charge in [-0.2, -0.15) is 0 Å². The summed E-state index contributed by atoms with van der Waals surface area (Å²) in [6, 6.07) is 0. The van der Waals surface area contributed by atoms with Gasteiger partial charge in [0.05, 0.1) is 19.8 Å². The standard InChI is InChI=1S/C55H98O15/c1-3-5-7-9-11-13-15-17-19-21-23-25-27-29-31-33-35-37-46(57)65-40-43(68-47(58)38-36-34-32-30-28-26-24-22-20-18-16-14-12-10-8-6-4-2)41-66-54-53(64)51(62)49(60)45(70-54)42-67-55-52(63)50(61)48(59)44(39-56)69-55/h11,13,17-20,43-45,48-56,59-64H,3-10,12,14-16,21-42H2,1-2H3/b13-11+,19-17+,20-18+/t43-,44+,45+,48-,49-,50?,51?,52?,53?,54+,55+/m0/s1. The van der Waals surface area contributed by atoms with Crippen molar-refractivity contribution >= 4 is 11.9 Å². The molecule has 0 radical (unpaired) electrons. The maximum atomic E-state index is 13.0. The van der Waals surface area contributed by atoms with E-state index in [-0.39, 0.29) is 26.1 Å². The Hall–Kier alpha value is -2.28. The fourth-order valence-corrected chi connectivity index (χ4v) is 8.54. The van der Waals surface area contributed by atoms with Crippen molar-refractivity contribution in [3.8, 4) is 0 Å². The second kappa shape index (κ2) is 42.1. The summed E-state index contributed by atoms with van der Waals surface area (Å²) in [5.74, 6) is -0.934. The quantitative estimate of drug-likeness (QED) is 0.0173. The van der Waals surface area contributed by atoms with Crippen LogP contribution in [0.3, 0.4) is 0 Å². The molecule has 0 aliphatic carbocycles. The van der Waals surface area contributed by atoms with Crippen LogP contribution in [0, 0.1) is 0 Å². The number of carbonyl (C=O) groups excluding carboxylic acids is 2. The molecule has 11 atom stereocenters. The van der Waals surface area contributed by atoms with Crippen LogP contribution in [0.5, 0.6) is 0 Å². The summed E-state index contributed by atoms with van der Waals surface area (Å²) in [4.78, 5) is 25.8. The minimum atomic E-state index is -1.77.